The second-order valence-electron chi connectivity index (χ2n) is 3.45. The molecule has 0 saturated heterocycles. The molecule has 0 aliphatic heterocycles. The average Bonchev–Trinajstić information content (AvgIpc) is 2.15. The second-order valence-corrected chi connectivity index (χ2v) is 7.62. The van der Waals surface area contributed by atoms with Gasteiger partial charge < -0.3 is 0 Å². The number of hydrogen-bond acceptors (Lipinski definition) is 4. The molecule has 0 aliphatic rings. The maximum Gasteiger partial charge on any atom is 0.214 e. The number of halogens is 2. The Bertz CT molecular complexity index is 608. The molecule has 0 heterocycles. The molecule has 96 valence electrons. The Morgan fingerprint density at radius 1 is 1.18 bits per heavy atom. The van der Waals surface area contributed by atoms with Crippen LogP contribution in [-0.4, -0.2) is 34.3 Å². The maximum absolute atomic E-state index is 13.2. The minimum atomic E-state index is -4.30. The molecule has 17 heavy (non-hydrogen) atoms. The summed E-state index contributed by atoms with van der Waals surface area (Å²) in [4.78, 5) is -0.702. The third kappa shape index (κ3) is 3.47. The molecular weight excluding hydrogens is 274 g/mol. The summed E-state index contributed by atoms with van der Waals surface area (Å²) in [5.74, 6) is -2.32. The summed E-state index contributed by atoms with van der Waals surface area (Å²) >= 11 is 0. The Kier molecular flexibility index (Phi) is 3.88. The molecule has 1 aromatic carbocycles. The van der Waals surface area contributed by atoms with E-state index in [1.165, 1.54) is 12.1 Å². The van der Waals surface area contributed by atoms with Crippen LogP contribution in [0.2, 0.25) is 0 Å². The molecule has 1 unspecified atom stereocenters. The zero-order valence-electron chi connectivity index (χ0n) is 8.80. The van der Waals surface area contributed by atoms with Gasteiger partial charge in [-0.3, -0.25) is 0 Å². The van der Waals surface area contributed by atoms with E-state index in [2.05, 4.69) is 0 Å². The molecule has 0 amide bonds. The Labute approximate surface area is 98.1 Å². The highest BCUT2D eigenvalue weighted by atomic mass is 32.2. The quantitative estimate of drug-likeness (QED) is 0.825. The van der Waals surface area contributed by atoms with Gasteiger partial charge in [-0.1, -0.05) is 12.1 Å². The lowest BCUT2D eigenvalue weighted by molar-refractivity contribution is 0.443. The predicted molar refractivity (Wildman–Crippen MR) is 58.2 cm³/mol. The van der Waals surface area contributed by atoms with Crippen LogP contribution in [0.5, 0.6) is 0 Å². The molecule has 1 atom stereocenters. The monoisotopic (exact) mass is 284 g/mol. The zero-order chi connectivity index (χ0) is 13.3. The van der Waals surface area contributed by atoms with Crippen molar-refractivity contribution in [3.05, 3.63) is 30.1 Å². The Morgan fingerprint density at radius 2 is 1.71 bits per heavy atom. The molecule has 4 nitrogen and oxygen atoms in total. The van der Waals surface area contributed by atoms with Crippen LogP contribution in [0.3, 0.4) is 0 Å². The van der Waals surface area contributed by atoms with E-state index in [0.717, 1.165) is 12.1 Å². The third-order valence-corrected chi connectivity index (χ3v) is 5.03. The zero-order valence-corrected chi connectivity index (χ0v) is 10.4. The van der Waals surface area contributed by atoms with Crippen LogP contribution in [0.25, 0.3) is 0 Å². The van der Waals surface area contributed by atoms with Gasteiger partial charge in [0.1, 0.15) is 16.5 Å². The number of hydrogen-bond donors (Lipinski definition) is 0. The molecular formula is C9H10F2O4S2. The van der Waals surface area contributed by atoms with Crippen LogP contribution < -0.4 is 0 Å². The number of sulfone groups is 2. The van der Waals surface area contributed by atoms with Crippen LogP contribution in [-0.2, 0) is 19.7 Å². The summed E-state index contributed by atoms with van der Waals surface area (Å²) in [5.41, 5.74) is -2.56. The molecule has 0 saturated carbocycles. The maximum atomic E-state index is 13.2. The summed E-state index contributed by atoms with van der Waals surface area (Å²) in [6.07, 6.45) is 0.578. The fraction of sp³-hybridized carbons (Fsp3) is 0.333. The first-order valence-corrected chi connectivity index (χ1v) is 8.05. The highest BCUT2D eigenvalue weighted by molar-refractivity contribution is 7.95. The van der Waals surface area contributed by atoms with Gasteiger partial charge in [0, 0.05) is 6.26 Å². The van der Waals surface area contributed by atoms with E-state index in [1.807, 2.05) is 0 Å². The second kappa shape index (κ2) is 4.69. The summed E-state index contributed by atoms with van der Waals surface area (Å²) in [6, 6.07) is 4.40. The first-order valence-electron chi connectivity index (χ1n) is 4.45. The molecule has 0 spiro atoms. The highest BCUT2D eigenvalue weighted by Gasteiger charge is 2.29. The van der Waals surface area contributed by atoms with Gasteiger partial charge in [-0.25, -0.2) is 25.6 Å². The van der Waals surface area contributed by atoms with Gasteiger partial charge in [-0.05, 0) is 12.1 Å². The van der Waals surface area contributed by atoms with Crippen molar-refractivity contribution in [2.24, 2.45) is 0 Å². The van der Waals surface area contributed by atoms with Gasteiger partial charge in [-0.15, -0.1) is 0 Å². The summed E-state index contributed by atoms with van der Waals surface area (Å²) in [7, 11) is -8.43. The van der Waals surface area contributed by atoms with Gasteiger partial charge in [0.25, 0.3) is 0 Å². The largest absolute Gasteiger partial charge is 0.229 e. The van der Waals surface area contributed by atoms with E-state index in [4.69, 9.17) is 0 Å². The number of alkyl halides is 1. The summed E-state index contributed by atoms with van der Waals surface area (Å²) in [5, 5.41) is 0. The lowest BCUT2D eigenvalue weighted by Gasteiger charge is -2.08. The lowest BCUT2D eigenvalue weighted by Crippen LogP contribution is -2.25. The van der Waals surface area contributed by atoms with Crippen LogP contribution in [0.4, 0.5) is 8.78 Å². The number of rotatable bonds is 4. The third-order valence-electron chi connectivity index (χ3n) is 1.99. The minimum absolute atomic E-state index is 0.578. The fourth-order valence-corrected chi connectivity index (χ4v) is 3.78. The smallest absolute Gasteiger partial charge is 0.214 e. The Morgan fingerprint density at radius 3 is 2.18 bits per heavy atom. The van der Waals surface area contributed by atoms with E-state index < -0.39 is 41.6 Å². The van der Waals surface area contributed by atoms with Crippen molar-refractivity contribution in [3.63, 3.8) is 0 Å². The van der Waals surface area contributed by atoms with Crippen molar-refractivity contribution in [1.29, 1.82) is 0 Å². The van der Waals surface area contributed by atoms with E-state index in [1.54, 1.807) is 0 Å². The molecule has 0 radical (unpaired) electrons. The average molecular weight is 284 g/mol. The molecule has 8 heteroatoms. The van der Waals surface area contributed by atoms with Crippen molar-refractivity contribution in [2.45, 2.75) is 10.4 Å². The lowest BCUT2D eigenvalue weighted by atomic mass is 10.3. The van der Waals surface area contributed by atoms with Crippen LogP contribution in [0.15, 0.2) is 29.2 Å². The van der Waals surface area contributed by atoms with Crippen molar-refractivity contribution in [3.8, 4) is 0 Å². The van der Waals surface area contributed by atoms with Crippen molar-refractivity contribution in [2.75, 3.05) is 12.0 Å². The van der Waals surface area contributed by atoms with Crippen molar-refractivity contribution < 1.29 is 25.6 Å². The standard InChI is InChI=1S/C9H10F2O4S2/c1-16(12,13)9(11)6-17(14,15)8-5-3-2-4-7(8)10/h2-5,9H,6H2,1H3. The highest BCUT2D eigenvalue weighted by Crippen LogP contribution is 2.18. The Balaban J connectivity index is 3.11. The van der Waals surface area contributed by atoms with E-state index in [0.29, 0.717) is 6.26 Å². The normalized spacial score (nSPS) is 14.5. The predicted octanol–water partition coefficient (Wildman–Crippen LogP) is 0.940. The summed E-state index contributed by atoms with van der Waals surface area (Å²) < 4.78 is 71.0. The topological polar surface area (TPSA) is 68.3 Å². The molecule has 0 bridgehead atoms. The first-order chi connectivity index (χ1) is 7.64. The van der Waals surface area contributed by atoms with E-state index in [-0.39, 0.29) is 0 Å². The van der Waals surface area contributed by atoms with Gasteiger partial charge in [0.2, 0.25) is 5.50 Å². The van der Waals surface area contributed by atoms with Crippen molar-refractivity contribution in [1.82, 2.24) is 0 Å². The van der Waals surface area contributed by atoms with Gasteiger partial charge in [-0.2, -0.15) is 0 Å². The van der Waals surface area contributed by atoms with E-state index >= 15 is 0 Å². The van der Waals surface area contributed by atoms with Crippen LogP contribution >= 0.6 is 0 Å². The van der Waals surface area contributed by atoms with Gasteiger partial charge >= 0.3 is 0 Å². The fourth-order valence-electron chi connectivity index (χ4n) is 1.08. The van der Waals surface area contributed by atoms with Crippen LogP contribution in [0, 0.1) is 5.82 Å². The molecule has 1 rings (SSSR count). The molecule has 1 aromatic rings. The van der Waals surface area contributed by atoms with E-state index in [9.17, 15) is 25.6 Å². The van der Waals surface area contributed by atoms with Crippen LogP contribution in [0.1, 0.15) is 0 Å². The first kappa shape index (κ1) is 14.0. The SMILES string of the molecule is CS(=O)(=O)C(F)CS(=O)(=O)c1ccccc1F. The van der Waals surface area contributed by atoms with Gasteiger partial charge in [0.15, 0.2) is 19.7 Å². The minimum Gasteiger partial charge on any atom is -0.229 e. The molecule has 0 aromatic heterocycles. The molecule has 0 fully saturated rings. The molecule has 0 N–H and O–H groups in total. The Hall–Kier alpha value is -1.02. The number of benzene rings is 1. The molecule has 0 aliphatic carbocycles. The van der Waals surface area contributed by atoms with Gasteiger partial charge in [0.05, 0.1) is 0 Å². The summed E-state index contributed by atoms with van der Waals surface area (Å²) in [6.45, 7) is 0. The van der Waals surface area contributed by atoms with Crippen molar-refractivity contribution >= 4 is 19.7 Å².